The molecule has 0 aliphatic carbocycles. The average molecular weight is 276 g/mol. The fraction of sp³-hybridized carbons (Fsp3) is 0.133. The zero-order chi connectivity index (χ0) is 14.7. The first kappa shape index (κ1) is 14.0. The van der Waals surface area contributed by atoms with Crippen LogP contribution >= 0.6 is 0 Å². The van der Waals surface area contributed by atoms with Crippen molar-refractivity contribution < 1.29 is 13.6 Å². The quantitative estimate of drug-likeness (QED) is 0.847. The monoisotopic (exact) mass is 276 g/mol. The molecule has 0 saturated heterocycles. The average Bonchev–Trinajstić information content (AvgIpc) is 2.37. The first-order chi connectivity index (χ1) is 9.47. The second kappa shape index (κ2) is 5.69. The lowest BCUT2D eigenvalue weighted by atomic mass is 10.1. The van der Waals surface area contributed by atoms with E-state index in [9.17, 15) is 13.6 Å². The summed E-state index contributed by atoms with van der Waals surface area (Å²) < 4.78 is 26.1. The number of halogens is 2. The van der Waals surface area contributed by atoms with Crippen molar-refractivity contribution in [3.8, 4) is 0 Å². The van der Waals surface area contributed by atoms with E-state index in [4.69, 9.17) is 5.73 Å². The number of nitrogens with one attached hydrogen (secondary N) is 1. The molecule has 104 valence electrons. The SMILES string of the molecule is CC(NC(=O)c1cc(F)cc(F)c1)c1ccccc1N. The van der Waals surface area contributed by atoms with Gasteiger partial charge in [0.1, 0.15) is 11.6 Å². The Bertz CT molecular complexity index is 623. The molecule has 0 aliphatic heterocycles. The molecule has 0 bridgehead atoms. The second-order valence-electron chi connectivity index (χ2n) is 4.48. The van der Waals surface area contributed by atoms with Crippen LogP contribution in [0.25, 0.3) is 0 Å². The lowest BCUT2D eigenvalue weighted by Gasteiger charge is -2.16. The van der Waals surface area contributed by atoms with Gasteiger partial charge in [-0.05, 0) is 30.7 Å². The molecular formula is C15H14F2N2O. The van der Waals surface area contributed by atoms with Crippen molar-refractivity contribution in [2.24, 2.45) is 0 Å². The summed E-state index contributed by atoms with van der Waals surface area (Å²) in [6, 6.07) is 9.42. The molecule has 1 atom stereocenters. The molecule has 1 amide bonds. The van der Waals surface area contributed by atoms with Gasteiger partial charge in [0.05, 0.1) is 6.04 Å². The van der Waals surface area contributed by atoms with Crippen molar-refractivity contribution in [1.29, 1.82) is 0 Å². The smallest absolute Gasteiger partial charge is 0.251 e. The maximum atomic E-state index is 13.1. The van der Waals surface area contributed by atoms with Gasteiger partial charge in [0.25, 0.3) is 5.91 Å². The molecule has 3 N–H and O–H groups in total. The zero-order valence-electron chi connectivity index (χ0n) is 10.9. The summed E-state index contributed by atoms with van der Waals surface area (Å²) in [5.41, 5.74) is 7.04. The number of benzene rings is 2. The van der Waals surface area contributed by atoms with Crippen LogP contribution in [-0.2, 0) is 0 Å². The van der Waals surface area contributed by atoms with Gasteiger partial charge in [0.15, 0.2) is 0 Å². The van der Waals surface area contributed by atoms with Gasteiger partial charge in [-0.15, -0.1) is 0 Å². The van der Waals surface area contributed by atoms with E-state index in [1.165, 1.54) is 0 Å². The van der Waals surface area contributed by atoms with Crippen LogP contribution < -0.4 is 11.1 Å². The van der Waals surface area contributed by atoms with Gasteiger partial charge < -0.3 is 11.1 Å². The molecule has 0 aromatic heterocycles. The maximum Gasteiger partial charge on any atom is 0.251 e. The third-order valence-electron chi connectivity index (χ3n) is 2.93. The fourth-order valence-corrected chi connectivity index (χ4v) is 1.95. The Morgan fingerprint density at radius 2 is 1.75 bits per heavy atom. The van der Waals surface area contributed by atoms with E-state index in [0.717, 1.165) is 23.8 Å². The Balaban J connectivity index is 2.17. The summed E-state index contributed by atoms with van der Waals surface area (Å²) in [5, 5.41) is 2.66. The van der Waals surface area contributed by atoms with E-state index in [2.05, 4.69) is 5.32 Å². The van der Waals surface area contributed by atoms with E-state index in [1.54, 1.807) is 31.2 Å². The molecule has 0 heterocycles. The first-order valence-electron chi connectivity index (χ1n) is 6.08. The molecule has 5 heteroatoms. The van der Waals surface area contributed by atoms with Crippen LogP contribution in [0, 0.1) is 11.6 Å². The van der Waals surface area contributed by atoms with E-state index in [1.807, 2.05) is 0 Å². The maximum absolute atomic E-state index is 13.1. The van der Waals surface area contributed by atoms with Gasteiger partial charge in [-0.25, -0.2) is 8.78 Å². The number of nitrogen functional groups attached to an aromatic ring is 1. The van der Waals surface area contributed by atoms with Crippen LogP contribution in [0.3, 0.4) is 0 Å². The van der Waals surface area contributed by atoms with Crippen molar-refractivity contribution in [3.05, 3.63) is 65.2 Å². The largest absolute Gasteiger partial charge is 0.398 e. The van der Waals surface area contributed by atoms with Crippen molar-refractivity contribution in [1.82, 2.24) is 5.32 Å². The molecule has 2 aromatic carbocycles. The van der Waals surface area contributed by atoms with Gasteiger partial charge in [-0.2, -0.15) is 0 Å². The Labute approximate surface area is 115 Å². The summed E-state index contributed by atoms with van der Waals surface area (Å²) in [5.74, 6) is -2.14. The molecule has 2 aromatic rings. The zero-order valence-corrected chi connectivity index (χ0v) is 10.9. The minimum absolute atomic E-state index is 0.0659. The molecular weight excluding hydrogens is 262 g/mol. The Kier molecular flexibility index (Phi) is 3.98. The van der Waals surface area contributed by atoms with Crippen LogP contribution in [0.15, 0.2) is 42.5 Å². The topological polar surface area (TPSA) is 55.1 Å². The van der Waals surface area contributed by atoms with Gasteiger partial charge in [0, 0.05) is 17.3 Å². The van der Waals surface area contributed by atoms with E-state index < -0.39 is 17.5 Å². The number of rotatable bonds is 3. The van der Waals surface area contributed by atoms with Gasteiger partial charge >= 0.3 is 0 Å². The number of para-hydroxylation sites is 1. The van der Waals surface area contributed by atoms with Crippen molar-refractivity contribution in [2.75, 3.05) is 5.73 Å². The number of anilines is 1. The van der Waals surface area contributed by atoms with Crippen molar-refractivity contribution in [2.45, 2.75) is 13.0 Å². The minimum atomic E-state index is -0.790. The fourth-order valence-electron chi connectivity index (χ4n) is 1.95. The molecule has 3 nitrogen and oxygen atoms in total. The number of amides is 1. The molecule has 0 radical (unpaired) electrons. The van der Waals surface area contributed by atoms with Gasteiger partial charge in [-0.1, -0.05) is 18.2 Å². The molecule has 0 saturated carbocycles. The predicted molar refractivity (Wildman–Crippen MR) is 73.1 cm³/mol. The number of hydrogen-bond acceptors (Lipinski definition) is 2. The lowest BCUT2D eigenvalue weighted by molar-refractivity contribution is 0.0939. The van der Waals surface area contributed by atoms with Crippen LogP contribution in [0.2, 0.25) is 0 Å². The highest BCUT2D eigenvalue weighted by Gasteiger charge is 2.14. The third kappa shape index (κ3) is 3.12. The van der Waals surface area contributed by atoms with Crippen LogP contribution in [0.1, 0.15) is 28.9 Å². The Morgan fingerprint density at radius 1 is 1.15 bits per heavy atom. The molecule has 1 unspecified atom stereocenters. The summed E-state index contributed by atoms with van der Waals surface area (Å²) in [6.07, 6.45) is 0. The highest BCUT2D eigenvalue weighted by Crippen LogP contribution is 2.20. The van der Waals surface area contributed by atoms with Crippen molar-refractivity contribution in [3.63, 3.8) is 0 Å². The number of carbonyl (C=O) groups excluding carboxylic acids is 1. The first-order valence-corrected chi connectivity index (χ1v) is 6.08. The molecule has 20 heavy (non-hydrogen) atoms. The number of hydrogen-bond donors (Lipinski definition) is 2. The van der Waals surface area contributed by atoms with Gasteiger partial charge in [0.2, 0.25) is 0 Å². The Hall–Kier alpha value is -2.43. The Morgan fingerprint density at radius 3 is 2.35 bits per heavy atom. The summed E-state index contributed by atoms with van der Waals surface area (Å²) in [6.45, 7) is 1.75. The molecule has 0 aliphatic rings. The second-order valence-corrected chi connectivity index (χ2v) is 4.48. The summed E-state index contributed by atoms with van der Waals surface area (Å²) >= 11 is 0. The minimum Gasteiger partial charge on any atom is -0.398 e. The molecule has 2 rings (SSSR count). The lowest BCUT2D eigenvalue weighted by Crippen LogP contribution is -2.27. The van der Waals surface area contributed by atoms with Crippen molar-refractivity contribution >= 4 is 11.6 Å². The van der Waals surface area contributed by atoms with Gasteiger partial charge in [-0.3, -0.25) is 4.79 Å². The van der Waals surface area contributed by atoms with Crippen LogP contribution in [-0.4, -0.2) is 5.91 Å². The molecule has 0 spiro atoms. The predicted octanol–water partition coefficient (Wildman–Crippen LogP) is 3.04. The van der Waals surface area contributed by atoms with Crippen LogP contribution in [0.5, 0.6) is 0 Å². The normalized spacial score (nSPS) is 11.9. The highest BCUT2D eigenvalue weighted by molar-refractivity contribution is 5.94. The standard InChI is InChI=1S/C15H14F2N2O/c1-9(13-4-2-3-5-14(13)18)19-15(20)10-6-11(16)8-12(17)7-10/h2-9H,18H2,1H3,(H,19,20). The summed E-state index contributed by atoms with van der Waals surface area (Å²) in [4.78, 5) is 12.0. The molecule has 0 fully saturated rings. The third-order valence-corrected chi connectivity index (χ3v) is 2.93. The van der Waals surface area contributed by atoms with Crippen LogP contribution in [0.4, 0.5) is 14.5 Å². The number of nitrogens with two attached hydrogens (primary N) is 1. The number of carbonyl (C=O) groups is 1. The van der Waals surface area contributed by atoms with E-state index in [0.29, 0.717) is 5.69 Å². The van der Waals surface area contributed by atoms with E-state index >= 15 is 0 Å². The van der Waals surface area contributed by atoms with E-state index in [-0.39, 0.29) is 11.6 Å². The highest BCUT2D eigenvalue weighted by atomic mass is 19.1. The summed E-state index contributed by atoms with van der Waals surface area (Å²) in [7, 11) is 0.